The SMILES string of the molecule is C[O+]1CCC(c2ccccc2)=C(c2ccccc2)[B-]1(c1ccccc1)c1ccccc1. The van der Waals surface area contributed by atoms with E-state index in [9.17, 15) is 0 Å². The molecule has 0 aliphatic carbocycles. The molecule has 0 amide bonds. The molecule has 0 saturated heterocycles. The van der Waals surface area contributed by atoms with Crippen LogP contribution >= 0.6 is 0 Å². The van der Waals surface area contributed by atoms with Crippen molar-refractivity contribution in [3.05, 3.63) is 132 Å². The summed E-state index contributed by atoms with van der Waals surface area (Å²) in [5.41, 5.74) is 8.09. The minimum Gasteiger partial charge on any atom is -0.662 e. The van der Waals surface area contributed by atoms with Crippen molar-refractivity contribution in [3.63, 3.8) is 0 Å². The average Bonchev–Trinajstić information content (AvgIpc) is 2.86. The molecule has 4 aromatic rings. The molecule has 2 heteroatoms. The molecule has 31 heavy (non-hydrogen) atoms. The predicted molar refractivity (Wildman–Crippen MR) is 134 cm³/mol. The summed E-state index contributed by atoms with van der Waals surface area (Å²) in [5.74, 6) is 0. The number of hydrogen-bond acceptors (Lipinski definition) is 0. The molecular weight excluding hydrogens is 375 g/mol. The molecule has 0 bridgehead atoms. The monoisotopic (exact) mass is 402 g/mol. The first kappa shape index (κ1) is 19.6. The first-order chi connectivity index (χ1) is 15.3. The molecule has 1 aliphatic rings. The molecule has 0 atom stereocenters. The lowest BCUT2D eigenvalue weighted by molar-refractivity contribution is 0.0582. The highest BCUT2D eigenvalue weighted by Gasteiger charge is 2.49. The number of hydrogen-bond donors (Lipinski definition) is 0. The first-order valence-electron chi connectivity index (χ1n) is 11.0. The van der Waals surface area contributed by atoms with E-state index >= 15 is 0 Å². The molecule has 1 aliphatic heterocycles. The van der Waals surface area contributed by atoms with Gasteiger partial charge < -0.3 is 4.28 Å². The van der Waals surface area contributed by atoms with Gasteiger partial charge in [-0.15, -0.1) is 16.4 Å². The van der Waals surface area contributed by atoms with Crippen molar-refractivity contribution in [1.82, 2.24) is 0 Å². The average molecular weight is 402 g/mol. The van der Waals surface area contributed by atoms with E-state index in [0.717, 1.165) is 13.0 Å². The molecule has 0 fully saturated rings. The Morgan fingerprint density at radius 2 is 0.968 bits per heavy atom. The summed E-state index contributed by atoms with van der Waals surface area (Å²) in [6.45, 7) is 0.935. The van der Waals surface area contributed by atoms with Crippen molar-refractivity contribution >= 4 is 28.3 Å². The van der Waals surface area contributed by atoms with Crippen molar-refractivity contribution in [3.8, 4) is 0 Å². The normalized spacial score (nSPS) is 16.3. The Balaban J connectivity index is 1.93. The van der Waals surface area contributed by atoms with E-state index in [1.165, 1.54) is 33.1 Å². The van der Waals surface area contributed by atoms with Gasteiger partial charge in [0.05, 0.1) is 7.11 Å². The van der Waals surface area contributed by atoms with Crippen molar-refractivity contribution in [1.29, 1.82) is 0 Å². The summed E-state index contributed by atoms with van der Waals surface area (Å²) in [7, 11) is 2.21. The van der Waals surface area contributed by atoms with Crippen LogP contribution in [0.25, 0.3) is 11.0 Å². The van der Waals surface area contributed by atoms with Crippen LogP contribution in [-0.2, 0) is 4.28 Å². The van der Waals surface area contributed by atoms with Gasteiger partial charge >= 0.3 is 6.35 Å². The smallest absolute Gasteiger partial charge is 0.377 e. The van der Waals surface area contributed by atoms with Gasteiger partial charge in [-0.3, -0.25) is 0 Å². The molecule has 1 nitrogen and oxygen atoms in total. The molecule has 0 unspecified atom stereocenters. The summed E-state index contributed by atoms with van der Waals surface area (Å²) in [6.07, 6.45) is -0.386. The summed E-state index contributed by atoms with van der Waals surface area (Å²) in [5, 5.41) is 0. The lowest BCUT2D eigenvalue weighted by Crippen LogP contribution is -2.68. The Morgan fingerprint density at radius 3 is 1.45 bits per heavy atom. The maximum Gasteiger partial charge on any atom is 0.377 e. The van der Waals surface area contributed by atoms with Gasteiger partial charge in [-0.2, -0.15) is 0 Å². The van der Waals surface area contributed by atoms with E-state index in [4.69, 9.17) is 0 Å². The Bertz CT molecular complexity index is 1130. The van der Waals surface area contributed by atoms with Crippen LogP contribution in [0.4, 0.5) is 0 Å². The van der Waals surface area contributed by atoms with E-state index in [0.29, 0.717) is 0 Å². The van der Waals surface area contributed by atoms with E-state index in [2.05, 4.69) is 133 Å². The minimum atomic E-state index is -1.38. The first-order valence-corrected chi connectivity index (χ1v) is 11.0. The predicted octanol–water partition coefficient (Wildman–Crippen LogP) is 5.48. The van der Waals surface area contributed by atoms with Crippen LogP contribution in [0.1, 0.15) is 17.5 Å². The Labute approximate surface area is 185 Å². The molecule has 0 spiro atoms. The molecular formula is C29H27BO. The summed E-state index contributed by atoms with van der Waals surface area (Å²) < 4.78 is 3.63. The Morgan fingerprint density at radius 1 is 0.548 bits per heavy atom. The van der Waals surface area contributed by atoms with Crippen LogP contribution in [0.3, 0.4) is 0 Å². The Kier molecular flexibility index (Phi) is 5.32. The Hall–Kier alpha value is -3.36. The minimum absolute atomic E-state index is 0.935. The quantitative estimate of drug-likeness (QED) is 0.314. The van der Waals surface area contributed by atoms with E-state index in [1.807, 2.05) is 0 Å². The topological polar surface area (TPSA) is 2.70 Å². The van der Waals surface area contributed by atoms with E-state index in [-0.39, 0.29) is 0 Å². The van der Waals surface area contributed by atoms with Crippen LogP contribution in [0.2, 0.25) is 0 Å². The number of benzene rings is 4. The molecule has 1 heterocycles. The second-order valence-corrected chi connectivity index (χ2v) is 8.38. The molecule has 0 radical (unpaired) electrons. The van der Waals surface area contributed by atoms with Crippen molar-refractivity contribution in [2.24, 2.45) is 0 Å². The van der Waals surface area contributed by atoms with Crippen molar-refractivity contribution in [2.75, 3.05) is 13.7 Å². The summed E-state index contributed by atoms with van der Waals surface area (Å²) in [4.78, 5) is 0. The zero-order chi connectivity index (χ0) is 21.1. The van der Waals surface area contributed by atoms with Crippen molar-refractivity contribution < 1.29 is 4.28 Å². The van der Waals surface area contributed by atoms with Gasteiger partial charge in [0.1, 0.15) is 6.61 Å². The van der Waals surface area contributed by atoms with Crippen LogP contribution in [0, 0.1) is 0 Å². The van der Waals surface area contributed by atoms with Gasteiger partial charge in [0, 0.05) is 6.42 Å². The van der Waals surface area contributed by atoms with Crippen LogP contribution in [-0.4, -0.2) is 20.1 Å². The molecule has 0 saturated carbocycles. The van der Waals surface area contributed by atoms with Crippen LogP contribution in [0.15, 0.2) is 121 Å². The maximum atomic E-state index is 3.63. The number of rotatable bonds is 4. The third kappa shape index (κ3) is 3.34. The fourth-order valence-electron chi connectivity index (χ4n) is 5.43. The maximum absolute atomic E-state index is 3.63. The highest BCUT2D eigenvalue weighted by Crippen LogP contribution is 2.42. The van der Waals surface area contributed by atoms with E-state index in [1.54, 1.807) is 0 Å². The highest BCUT2D eigenvalue weighted by atomic mass is 16.6. The second-order valence-electron chi connectivity index (χ2n) is 8.38. The lowest BCUT2D eigenvalue weighted by Gasteiger charge is -2.52. The van der Waals surface area contributed by atoms with Crippen LogP contribution in [0.5, 0.6) is 0 Å². The van der Waals surface area contributed by atoms with E-state index < -0.39 is 6.35 Å². The van der Waals surface area contributed by atoms with Crippen LogP contribution < -0.4 is 10.9 Å². The lowest BCUT2D eigenvalue weighted by atomic mass is 9.25. The molecule has 5 rings (SSSR count). The van der Waals surface area contributed by atoms with Gasteiger partial charge in [-0.1, -0.05) is 132 Å². The summed E-state index contributed by atoms with van der Waals surface area (Å²) in [6, 6.07) is 43.9. The third-order valence-corrected chi connectivity index (χ3v) is 6.75. The van der Waals surface area contributed by atoms with Gasteiger partial charge in [-0.25, -0.2) is 0 Å². The zero-order valence-electron chi connectivity index (χ0n) is 17.9. The molecule has 0 N–H and O–H groups in total. The van der Waals surface area contributed by atoms with Gasteiger partial charge in [0.2, 0.25) is 0 Å². The molecule has 4 aromatic carbocycles. The van der Waals surface area contributed by atoms with Gasteiger partial charge in [-0.05, 0) is 5.56 Å². The van der Waals surface area contributed by atoms with Gasteiger partial charge in [0.15, 0.2) is 0 Å². The summed E-state index contributed by atoms with van der Waals surface area (Å²) >= 11 is 0. The molecule has 152 valence electrons. The fourth-order valence-corrected chi connectivity index (χ4v) is 5.43. The molecule has 0 aromatic heterocycles. The fraction of sp³-hybridized carbons (Fsp3) is 0.103. The van der Waals surface area contributed by atoms with Crippen molar-refractivity contribution in [2.45, 2.75) is 6.42 Å². The second kappa shape index (κ2) is 8.41. The largest absolute Gasteiger partial charge is 0.662 e. The standard InChI is InChI=1S/C29H27BO/c1-31-23-22-28(24-14-6-2-7-15-24)29(25-16-8-3-9-17-25)30(31,26-18-10-4-11-19-26)27-20-12-5-13-21-27/h2-21H,22-23H2,1H3. The zero-order valence-corrected chi connectivity index (χ0v) is 17.9. The third-order valence-electron chi connectivity index (χ3n) is 6.75. The highest BCUT2D eigenvalue weighted by molar-refractivity contribution is 7.12. The van der Waals surface area contributed by atoms with Gasteiger partial charge in [0.25, 0.3) is 0 Å².